The van der Waals surface area contributed by atoms with Crippen molar-refractivity contribution in [2.24, 2.45) is 0 Å². The molecule has 1 aliphatic heterocycles. The van der Waals surface area contributed by atoms with Crippen LogP contribution >= 0.6 is 0 Å². The van der Waals surface area contributed by atoms with Crippen LogP contribution in [0.3, 0.4) is 0 Å². The van der Waals surface area contributed by atoms with Gasteiger partial charge in [0.25, 0.3) is 0 Å². The van der Waals surface area contributed by atoms with Crippen LogP contribution in [0, 0.1) is 0 Å². The van der Waals surface area contributed by atoms with E-state index in [9.17, 15) is 4.79 Å². The lowest BCUT2D eigenvalue weighted by Gasteiger charge is -2.23. The number of carbonyl (C=O) groups is 1. The average Bonchev–Trinajstić information content (AvgIpc) is 2.74. The summed E-state index contributed by atoms with van der Waals surface area (Å²) in [5.74, 6) is -0.941. The Morgan fingerprint density at radius 3 is 2.89 bits per heavy atom. The molecule has 6 nitrogen and oxygen atoms in total. The SMILES string of the molecule is CC(C)c1c(C(=O)O)nnn1CC1CCCCO1. The monoisotopic (exact) mass is 253 g/mol. The van der Waals surface area contributed by atoms with E-state index in [1.807, 2.05) is 13.8 Å². The maximum absolute atomic E-state index is 11.1. The molecule has 0 aromatic carbocycles. The fourth-order valence-electron chi connectivity index (χ4n) is 2.32. The standard InChI is InChI=1S/C12H19N3O3/c1-8(2)11-10(12(16)17)13-14-15(11)7-9-5-3-4-6-18-9/h8-9H,3-7H2,1-2H3,(H,16,17). The molecule has 0 amide bonds. The maximum Gasteiger partial charge on any atom is 0.358 e. The topological polar surface area (TPSA) is 77.2 Å². The van der Waals surface area contributed by atoms with Gasteiger partial charge in [-0.1, -0.05) is 19.1 Å². The molecular formula is C12H19N3O3. The third-order valence-electron chi connectivity index (χ3n) is 3.17. The lowest BCUT2D eigenvalue weighted by Crippen LogP contribution is -2.26. The molecule has 1 atom stereocenters. The molecule has 0 spiro atoms. The molecule has 0 aliphatic carbocycles. The number of ether oxygens (including phenoxy) is 1. The van der Waals surface area contributed by atoms with Crippen LogP contribution in [-0.4, -0.2) is 38.8 Å². The molecule has 0 saturated carbocycles. The number of rotatable bonds is 4. The summed E-state index contributed by atoms with van der Waals surface area (Å²) in [5, 5.41) is 16.8. The van der Waals surface area contributed by atoms with Gasteiger partial charge in [0.15, 0.2) is 5.69 Å². The first kappa shape index (κ1) is 13.0. The fraction of sp³-hybridized carbons (Fsp3) is 0.750. The van der Waals surface area contributed by atoms with Crippen LogP contribution in [0.15, 0.2) is 0 Å². The zero-order valence-corrected chi connectivity index (χ0v) is 10.8. The van der Waals surface area contributed by atoms with Gasteiger partial charge < -0.3 is 9.84 Å². The van der Waals surface area contributed by atoms with Gasteiger partial charge in [0.1, 0.15) is 0 Å². The Labute approximate surface area is 106 Å². The van der Waals surface area contributed by atoms with Gasteiger partial charge in [-0.15, -0.1) is 5.10 Å². The Hall–Kier alpha value is -1.43. The number of aromatic nitrogens is 3. The van der Waals surface area contributed by atoms with Gasteiger partial charge in [0.05, 0.1) is 18.3 Å². The summed E-state index contributed by atoms with van der Waals surface area (Å²) in [4.78, 5) is 11.1. The summed E-state index contributed by atoms with van der Waals surface area (Å²) < 4.78 is 7.33. The largest absolute Gasteiger partial charge is 0.476 e. The molecular weight excluding hydrogens is 234 g/mol. The Morgan fingerprint density at radius 2 is 2.33 bits per heavy atom. The van der Waals surface area contributed by atoms with Crippen molar-refractivity contribution in [3.63, 3.8) is 0 Å². The highest BCUT2D eigenvalue weighted by molar-refractivity contribution is 5.86. The molecule has 2 rings (SSSR count). The van der Waals surface area contributed by atoms with E-state index >= 15 is 0 Å². The summed E-state index contributed by atoms with van der Waals surface area (Å²) in [6.45, 7) is 5.27. The second-order valence-electron chi connectivity index (χ2n) is 4.95. The molecule has 0 radical (unpaired) electrons. The quantitative estimate of drug-likeness (QED) is 0.883. The van der Waals surface area contributed by atoms with Crippen molar-refractivity contribution in [2.75, 3.05) is 6.61 Å². The fourth-order valence-corrected chi connectivity index (χ4v) is 2.32. The number of nitrogens with zero attached hydrogens (tertiary/aromatic N) is 3. The van der Waals surface area contributed by atoms with Crippen molar-refractivity contribution in [3.05, 3.63) is 11.4 Å². The summed E-state index contributed by atoms with van der Waals surface area (Å²) in [6.07, 6.45) is 3.38. The maximum atomic E-state index is 11.1. The summed E-state index contributed by atoms with van der Waals surface area (Å²) in [5.41, 5.74) is 0.734. The highest BCUT2D eigenvalue weighted by atomic mass is 16.5. The minimum Gasteiger partial charge on any atom is -0.476 e. The van der Waals surface area contributed by atoms with Crippen molar-refractivity contribution in [1.29, 1.82) is 0 Å². The van der Waals surface area contributed by atoms with E-state index in [2.05, 4.69) is 10.3 Å². The number of carboxylic acid groups (broad SMARTS) is 1. The van der Waals surface area contributed by atoms with E-state index in [-0.39, 0.29) is 17.7 Å². The second-order valence-corrected chi connectivity index (χ2v) is 4.95. The molecule has 2 heterocycles. The van der Waals surface area contributed by atoms with E-state index in [0.717, 1.165) is 25.9 Å². The average molecular weight is 253 g/mol. The van der Waals surface area contributed by atoms with E-state index in [0.29, 0.717) is 12.2 Å². The van der Waals surface area contributed by atoms with Crippen LogP contribution in [0.4, 0.5) is 0 Å². The van der Waals surface area contributed by atoms with E-state index < -0.39 is 5.97 Å². The van der Waals surface area contributed by atoms with Crippen molar-refractivity contribution in [3.8, 4) is 0 Å². The van der Waals surface area contributed by atoms with Crippen LogP contribution in [0.2, 0.25) is 0 Å². The predicted octanol–water partition coefficient (Wildman–Crippen LogP) is 1.67. The third kappa shape index (κ3) is 2.69. The highest BCUT2D eigenvalue weighted by Crippen LogP contribution is 2.20. The van der Waals surface area contributed by atoms with Crippen LogP contribution in [0.25, 0.3) is 0 Å². The first-order valence-corrected chi connectivity index (χ1v) is 6.38. The minimum absolute atomic E-state index is 0.0563. The van der Waals surface area contributed by atoms with Gasteiger partial charge >= 0.3 is 5.97 Å². The minimum atomic E-state index is -1.02. The van der Waals surface area contributed by atoms with Gasteiger partial charge in [-0.05, 0) is 25.2 Å². The number of carboxylic acids is 1. The Balaban J connectivity index is 2.19. The Kier molecular flexibility index (Phi) is 3.96. The van der Waals surface area contributed by atoms with Gasteiger partial charge in [-0.3, -0.25) is 0 Å². The van der Waals surface area contributed by atoms with Gasteiger partial charge in [0.2, 0.25) is 0 Å². The smallest absolute Gasteiger partial charge is 0.358 e. The Morgan fingerprint density at radius 1 is 1.56 bits per heavy atom. The molecule has 1 saturated heterocycles. The van der Waals surface area contributed by atoms with Crippen molar-refractivity contribution in [2.45, 2.75) is 51.7 Å². The number of aromatic carboxylic acids is 1. The Bertz CT molecular complexity index is 422. The predicted molar refractivity (Wildman–Crippen MR) is 64.7 cm³/mol. The normalized spacial score (nSPS) is 20.3. The molecule has 0 bridgehead atoms. The molecule has 18 heavy (non-hydrogen) atoms. The van der Waals surface area contributed by atoms with Gasteiger partial charge in [-0.2, -0.15) is 0 Å². The second kappa shape index (κ2) is 5.48. The molecule has 100 valence electrons. The molecule has 1 N–H and O–H groups in total. The summed E-state index contributed by atoms with van der Waals surface area (Å²) in [6, 6.07) is 0. The van der Waals surface area contributed by atoms with Crippen LogP contribution in [-0.2, 0) is 11.3 Å². The molecule has 1 aromatic heterocycles. The lowest BCUT2D eigenvalue weighted by atomic mass is 10.1. The van der Waals surface area contributed by atoms with E-state index in [1.165, 1.54) is 0 Å². The van der Waals surface area contributed by atoms with E-state index in [4.69, 9.17) is 9.84 Å². The number of hydrogen-bond acceptors (Lipinski definition) is 4. The molecule has 1 fully saturated rings. The van der Waals surface area contributed by atoms with Crippen molar-refractivity contribution in [1.82, 2.24) is 15.0 Å². The summed E-state index contributed by atoms with van der Waals surface area (Å²) in [7, 11) is 0. The zero-order valence-electron chi connectivity index (χ0n) is 10.8. The lowest BCUT2D eigenvalue weighted by molar-refractivity contribution is 0.00310. The highest BCUT2D eigenvalue weighted by Gasteiger charge is 2.24. The van der Waals surface area contributed by atoms with Crippen molar-refractivity contribution >= 4 is 5.97 Å². The first-order valence-electron chi connectivity index (χ1n) is 6.38. The third-order valence-corrected chi connectivity index (χ3v) is 3.17. The molecule has 6 heteroatoms. The molecule has 1 aromatic rings. The van der Waals surface area contributed by atoms with E-state index in [1.54, 1.807) is 4.68 Å². The van der Waals surface area contributed by atoms with Crippen molar-refractivity contribution < 1.29 is 14.6 Å². The number of hydrogen-bond donors (Lipinski definition) is 1. The van der Waals surface area contributed by atoms with Crippen LogP contribution in [0.1, 0.15) is 55.2 Å². The summed E-state index contributed by atoms with van der Waals surface area (Å²) >= 11 is 0. The molecule has 1 aliphatic rings. The zero-order chi connectivity index (χ0) is 13.1. The van der Waals surface area contributed by atoms with Crippen LogP contribution in [0.5, 0.6) is 0 Å². The van der Waals surface area contributed by atoms with Gasteiger partial charge in [0, 0.05) is 6.61 Å². The van der Waals surface area contributed by atoms with Gasteiger partial charge in [-0.25, -0.2) is 9.48 Å². The first-order chi connectivity index (χ1) is 8.59. The molecule has 1 unspecified atom stereocenters. The van der Waals surface area contributed by atoms with Crippen LogP contribution < -0.4 is 0 Å².